The lowest BCUT2D eigenvalue weighted by molar-refractivity contribution is -0.138. The van der Waals surface area contributed by atoms with E-state index >= 15 is 0 Å². The number of benzene rings is 2. The van der Waals surface area contributed by atoms with Gasteiger partial charge in [0.25, 0.3) is 0 Å². The van der Waals surface area contributed by atoms with Crippen molar-refractivity contribution in [3.63, 3.8) is 0 Å². The summed E-state index contributed by atoms with van der Waals surface area (Å²) in [7, 11) is 3.08. The second-order valence-electron chi connectivity index (χ2n) is 7.28. The molecule has 0 aliphatic heterocycles. The first-order valence-corrected chi connectivity index (χ1v) is 10.3. The monoisotopic (exact) mass is 433 g/mol. The van der Waals surface area contributed by atoms with Gasteiger partial charge in [-0.1, -0.05) is 36.4 Å². The molecular formula is C25H27N3O4. The van der Waals surface area contributed by atoms with E-state index in [1.807, 2.05) is 42.5 Å². The molecule has 0 radical (unpaired) electrons. The third-order valence-electron chi connectivity index (χ3n) is 5.11. The van der Waals surface area contributed by atoms with E-state index in [-0.39, 0.29) is 24.8 Å². The molecule has 1 N–H and O–H groups in total. The molecule has 1 unspecified atom stereocenters. The summed E-state index contributed by atoms with van der Waals surface area (Å²) >= 11 is 0. The number of methoxy groups -OCH3 is 2. The maximum atomic E-state index is 13.2. The Morgan fingerprint density at radius 2 is 1.75 bits per heavy atom. The number of carbonyl (C=O) groups is 2. The summed E-state index contributed by atoms with van der Waals surface area (Å²) in [5.41, 5.74) is 2.23. The van der Waals surface area contributed by atoms with Gasteiger partial charge in [-0.05, 0) is 36.2 Å². The van der Waals surface area contributed by atoms with Crippen LogP contribution in [0.2, 0.25) is 0 Å². The van der Waals surface area contributed by atoms with Gasteiger partial charge in [0.2, 0.25) is 11.8 Å². The van der Waals surface area contributed by atoms with Crippen LogP contribution in [0.1, 0.15) is 18.1 Å². The number of hydrogen-bond donors (Lipinski definition) is 1. The van der Waals surface area contributed by atoms with E-state index in [9.17, 15) is 9.59 Å². The van der Waals surface area contributed by atoms with E-state index in [0.29, 0.717) is 17.2 Å². The summed E-state index contributed by atoms with van der Waals surface area (Å²) in [6.07, 6.45) is 3.57. The molecule has 3 aromatic rings. The SMILES string of the molecule is COc1ccc(NC(=O)C(C)N(Cc2cccnc2)C(=O)Cc2ccccc2)c(OC)c1. The number of amides is 2. The average Bonchev–Trinajstić information content (AvgIpc) is 2.83. The highest BCUT2D eigenvalue weighted by Crippen LogP contribution is 2.29. The van der Waals surface area contributed by atoms with Crippen LogP contribution in [0.15, 0.2) is 73.1 Å². The largest absolute Gasteiger partial charge is 0.497 e. The highest BCUT2D eigenvalue weighted by molar-refractivity contribution is 5.98. The van der Waals surface area contributed by atoms with E-state index in [1.165, 1.54) is 7.11 Å². The molecule has 2 aromatic carbocycles. The fraction of sp³-hybridized carbons (Fsp3) is 0.240. The van der Waals surface area contributed by atoms with Gasteiger partial charge in [0.1, 0.15) is 17.5 Å². The Hall–Kier alpha value is -3.87. The lowest BCUT2D eigenvalue weighted by Crippen LogP contribution is -2.45. The van der Waals surface area contributed by atoms with Gasteiger partial charge in [-0.2, -0.15) is 0 Å². The molecule has 0 spiro atoms. The van der Waals surface area contributed by atoms with Crippen molar-refractivity contribution in [1.29, 1.82) is 0 Å². The van der Waals surface area contributed by atoms with E-state index in [2.05, 4.69) is 10.3 Å². The van der Waals surface area contributed by atoms with Gasteiger partial charge < -0.3 is 19.7 Å². The maximum absolute atomic E-state index is 13.2. The van der Waals surface area contributed by atoms with E-state index < -0.39 is 6.04 Å². The lowest BCUT2D eigenvalue weighted by Gasteiger charge is -2.29. The van der Waals surface area contributed by atoms with Gasteiger partial charge in [-0.15, -0.1) is 0 Å². The summed E-state index contributed by atoms with van der Waals surface area (Å²) in [6.45, 7) is 1.98. The average molecular weight is 434 g/mol. The first-order chi connectivity index (χ1) is 15.5. The Bertz CT molecular complexity index is 1040. The number of aromatic nitrogens is 1. The van der Waals surface area contributed by atoms with Crippen molar-refractivity contribution in [3.05, 3.63) is 84.2 Å². The van der Waals surface area contributed by atoms with Crippen molar-refractivity contribution in [3.8, 4) is 11.5 Å². The zero-order valence-corrected chi connectivity index (χ0v) is 18.4. The normalized spacial score (nSPS) is 11.3. The third kappa shape index (κ3) is 5.85. The quantitative estimate of drug-likeness (QED) is 0.557. The van der Waals surface area contributed by atoms with Gasteiger partial charge in [0.05, 0.1) is 26.3 Å². The van der Waals surface area contributed by atoms with Crippen LogP contribution in [0.25, 0.3) is 0 Å². The van der Waals surface area contributed by atoms with Crippen molar-refractivity contribution in [2.75, 3.05) is 19.5 Å². The molecular weight excluding hydrogens is 406 g/mol. The standard InChI is InChI=1S/C25H27N3O4/c1-18(25(30)27-22-12-11-21(31-2)15-23(22)32-3)28(17-20-10-7-13-26-16-20)24(29)14-19-8-5-4-6-9-19/h4-13,15-16,18H,14,17H2,1-3H3,(H,27,30). The zero-order valence-electron chi connectivity index (χ0n) is 18.4. The zero-order chi connectivity index (χ0) is 22.9. The van der Waals surface area contributed by atoms with Crippen LogP contribution in [0.4, 0.5) is 5.69 Å². The Labute approximate surface area is 188 Å². The minimum Gasteiger partial charge on any atom is -0.497 e. The molecule has 0 aliphatic rings. The van der Waals surface area contributed by atoms with Crippen LogP contribution in [-0.4, -0.2) is 42.0 Å². The Morgan fingerprint density at radius 3 is 2.41 bits per heavy atom. The Kier molecular flexibility index (Phi) is 7.80. The molecule has 32 heavy (non-hydrogen) atoms. The number of hydrogen-bond acceptors (Lipinski definition) is 5. The first kappa shape index (κ1) is 22.8. The van der Waals surface area contributed by atoms with Gasteiger partial charge >= 0.3 is 0 Å². The summed E-state index contributed by atoms with van der Waals surface area (Å²) in [5, 5.41) is 2.87. The van der Waals surface area contributed by atoms with E-state index in [1.54, 1.807) is 49.5 Å². The van der Waals surface area contributed by atoms with Gasteiger partial charge in [-0.25, -0.2) is 0 Å². The van der Waals surface area contributed by atoms with Crippen LogP contribution >= 0.6 is 0 Å². The van der Waals surface area contributed by atoms with E-state index in [0.717, 1.165) is 11.1 Å². The topological polar surface area (TPSA) is 80.8 Å². The number of carbonyl (C=O) groups excluding carboxylic acids is 2. The summed E-state index contributed by atoms with van der Waals surface area (Å²) in [4.78, 5) is 32.0. The second kappa shape index (κ2) is 10.9. The minimum absolute atomic E-state index is 0.149. The molecule has 2 amide bonds. The number of ether oxygens (including phenoxy) is 2. The van der Waals surface area contributed by atoms with Crippen molar-refractivity contribution in [2.45, 2.75) is 25.9 Å². The van der Waals surface area contributed by atoms with Gasteiger partial charge in [0.15, 0.2) is 0 Å². The van der Waals surface area contributed by atoms with Gasteiger partial charge in [0, 0.05) is 25.0 Å². The summed E-state index contributed by atoms with van der Waals surface area (Å²) in [5.74, 6) is 0.617. The number of rotatable bonds is 9. The molecule has 0 aliphatic carbocycles. The molecule has 1 heterocycles. The second-order valence-corrected chi connectivity index (χ2v) is 7.28. The molecule has 166 valence electrons. The van der Waals surface area contributed by atoms with Crippen LogP contribution in [0.5, 0.6) is 11.5 Å². The minimum atomic E-state index is -0.724. The van der Waals surface area contributed by atoms with Crippen LogP contribution in [-0.2, 0) is 22.6 Å². The molecule has 7 nitrogen and oxygen atoms in total. The van der Waals surface area contributed by atoms with Crippen LogP contribution in [0.3, 0.4) is 0 Å². The van der Waals surface area contributed by atoms with Crippen molar-refractivity contribution < 1.29 is 19.1 Å². The fourth-order valence-electron chi connectivity index (χ4n) is 3.28. The number of pyridine rings is 1. The highest BCUT2D eigenvalue weighted by Gasteiger charge is 2.27. The molecule has 1 atom stereocenters. The third-order valence-corrected chi connectivity index (χ3v) is 5.11. The predicted molar refractivity (Wildman–Crippen MR) is 123 cm³/mol. The highest BCUT2D eigenvalue weighted by atomic mass is 16.5. The smallest absolute Gasteiger partial charge is 0.247 e. The number of nitrogens with one attached hydrogen (secondary N) is 1. The molecule has 1 aromatic heterocycles. The first-order valence-electron chi connectivity index (χ1n) is 10.3. The fourth-order valence-corrected chi connectivity index (χ4v) is 3.28. The molecule has 0 fully saturated rings. The Morgan fingerprint density at radius 1 is 1.00 bits per heavy atom. The number of nitrogens with zero attached hydrogens (tertiary/aromatic N) is 2. The van der Waals surface area contributed by atoms with Crippen molar-refractivity contribution in [1.82, 2.24) is 9.88 Å². The molecule has 0 saturated carbocycles. The lowest BCUT2D eigenvalue weighted by atomic mass is 10.1. The summed E-state index contributed by atoms with van der Waals surface area (Å²) < 4.78 is 10.6. The van der Waals surface area contributed by atoms with Crippen molar-refractivity contribution in [2.24, 2.45) is 0 Å². The molecule has 3 rings (SSSR count). The number of anilines is 1. The molecule has 0 bridgehead atoms. The summed E-state index contributed by atoms with van der Waals surface area (Å²) in [6, 6.07) is 17.6. The van der Waals surface area contributed by atoms with Crippen LogP contribution < -0.4 is 14.8 Å². The maximum Gasteiger partial charge on any atom is 0.247 e. The van der Waals surface area contributed by atoms with E-state index in [4.69, 9.17) is 9.47 Å². The molecule has 0 saturated heterocycles. The predicted octanol–water partition coefficient (Wildman–Crippen LogP) is 3.70. The van der Waals surface area contributed by atoms with Crippen LogP contribution in [0, 0.1) is 0 Å². The Balaban J connectivity index is 1.81. The van der Waals surface area contributed by atoms with Gasteiger partial charge in [-0.3, -0.25) is 14.6 Å². The van der Waals surface area contributed by atoms with Crippen molar-refractivity contribution >= 4 is 17.5 Å². The molecule has 7 heteroatoms.